The molecule has 0 aliphatic rings. The van der Waals surface area contributed by atoms with Crippen molar-refractivity contribution in [2.75, 3.05) is 5.32 Å². The van der Waals surface area contributed by atoms with E-state index in [1.54, 1.807) is 66.7 Å². The number of anilines is 1. The third kappa shape index (κ3) is 6.24. The van der Waals surface area contributed by atoms with Crippen molar-refractivity contribution in [1.29, 1.82) is 0 Å². The number of carbonyl (C=O) groups is 1. The summed E-state index contributed by atoms with van der Waals surface area (Å²) in [6.07, 6.45) is 2.79. The number of halogens is 3. The van der Waals surface area contributed by atoms with Gasteiger partial charge in [0.2, 0.25) is 5.91 Å². The lowest BCUT2D eigenvalue weighted by molar-refractivity contribution is -0.115. The minimum Gasteiger partial charge on any atom is -0.457 e. The molecule has 0 radical (unpaired) electrons. The first-order chi connectivity index (χ1) is 18.8. The van der Waals surface area contributed by atoms with Crippen molar-refractivity contribution < 1.29 is 13.6 Å². The molecule has 6 nitrogen and oxygen atoms in total. The van der Waals surface area contributed by atoms with Crippen LogP contribution < -0.4 is 16.3 Å². The fourth-order valence-electron chi connectivity index (χ4n) is 3.81. The van der Waals surface area contributed by atoms with Crippen LogP contribution in [0.2, 0.25) is 15.1 Å². The van der Waals surface area contributed by atoms with Crippen LogP contribution >= 0.6 is 47.0 Å². The first-order valence-electron chi connectivity index (χ1n) is 11.4. The second-order valence-corrected chi connectivity index (χ2v) is 9.94. The van der Waals surface area contributed by atoms with Gasteiger partial charge in [-0.2, -0.15) is 0 Å². The van der Waals surface area contributed by atoms with Gasteiger partial charge in [0.05, 0.1) is 15.6 Å². The van der Waals surface area contributed by atoms with E-state index >= 15 is 0 Å². The summed E-state index contributed by atoms with van der Waals surface area (Å²) in [5.41, 5.74) is 2.06. The number of amides is 1. The van der Waals surface area contributed by atoms with E-state index in [2.05, 4.69) is 10.6 Å². The highest BCUT2D eigenvalue weighted by atomic mass is 35.5. The summed E-state index contributed by atoms with van der Waals surface area (Å²) >= 11 is 23.9. The molecule has 0 fully saturated rings. The van der Waals surface area contributed by atoms with Crippen LogP contribution in [0, 0.1) is 0 Å². The van der Waals surface area contributed by atoms with Gasteiger partial charge in [0.1, 0.15) is 17.1 Å². The molecule has 0 aliphatic carbocycles. The van der Waals surface area contributed by atoms with Crippen LogP contribution in [-0.2, 0) is 4.79 Å². The van der Waals surface area contributed by atoms with Gasteiger partial charge in [-0.1, -0.05) is 59.1 Å². The number of benzene rings is 3. The summed E-state index contributed by atoms with van der Waals surface area (Å²) in [4.78, 5) is 24.9. The fraction of sp³-hybridized carbons (Fsp3) is 0. The Labute approximate surface area is 242 Å². The van der Waals surface area contributed by atoms with Crippen LogP contribution in [0.25, 0.3) is 39.5 Å². The van der Waals surface area contributed by atoms with Gasteiger partial charge in [-0.3, -0.25) is 10.1 Å². The Balaban J connectivity index is 1.22. The highest BCUT2D eigenvalue weighted by molar-refractivity contribution is 7.80. The maximum absolute atomic E-state index is 12.5. The predicted molar refractivity (Wildman–Crippen MR) is 160 cm³/mol. The summed E-state index contributed by atoms with van der Waals surface area (Å²) in [5, 5.41) is 7.59. The van der Waals surface area contributed by atoms with Gasteiger partial charge in [0.25, 0.3) is 0 Å². The zero-order chi connectivity index (χ0) is 27.5. The highest BCUT2D eigenvalue weighted by Gasteiger charge is 2.13. The molecule has 0 aliphatic heterocycles. The molecule has 10 heteroatoms. The van der Waals surface area contributed by atoms with Gasteiger partial charge < -0.3 is 14.2 Å². The molecule has 0 bridgehead atoms. The number of para-hydroxylation sites is 1. The van der Waals surface area contributed by atoms with E-state index in [4.69, 9.17) is 55.9 Å². The van der Waals surface area contributed by atoms with E-state index in [-0.39, 0.29) is 5.11 Å². The highest BCUT2D eigenvalue weighted by Crippen LogP contribution is 2.32. The lowest BCUT2D eigenvalue weighted by Gasteiger charge is -2.10. The largest absolute Gasteiger partial charge is 0.457 e. The maximum Gasteiger partial charge on any atom is 0.344 e. The zero-order valence-corrected chi connectivity index (χ0v) is 22.9. The molecule has 194 valence electrons. The van der Waals surface area contributed by atoms with Crippen LogP contribution in [0.15, 0.2) is 98.6 Å². The van der Waals surface area contributed by atoms with Crippen LogP contribution in [0.1, 0.15) is 5.76 Å². The summed E-state index contributed by atoms with van der Waals surface area (Å²) in [6.45, 7) is 0. The van der Waals surface area contributed by atoms with Crippen molar-refractivity contribution >= 4 is 80.8 Å². The molecule has 0 saturated heterocycles. The zero-order valence-electron chi connectivity index (χ0n) is 19.8. The van der Waals surface area contributed by atoms with Gasteiger partial charge in [-0.25, -0.2) is 4.79 Å². The molecule has 2 aromatic heterocycles. The summed E-state index contributed by atoms with van der Waals surface area (Å²) in [7, 11) is 0. The van der Waals surface area contributed by atoms with E-state index in [9.17, 15) is 9.59 Å². The topological polar surface area (TPSA) is 84.5 Å². The number of hydrogen-bond acceptors (Lipinski definition) is 5. The summed E-state index contributed by atoms with van der Waals surface area (Å²) in [5.74, 6) is 0.521. The summed E-state index contributed by atoms with van der Waals surface area (Å²) < 4.78 is 11.2. The molecule has 2 N–H and O–H groups in total. The molecule has 0 unspecified atom stereocenters. The Morgan fingerprint density at radius 2 is 1.59 bits per heavy atom. The maximum atomic E-state index is 12.5. The minimum absolute atomic E-state index is 0.0618. The average Bonchev–Trinajstić information content (AvgIpc) is 3.36. The number of hydrogen-bond donors (Lipinski definition) is 2. The number of nitrogens with one attached hydrogen (secondary N) is 2. The smallest absolute Gasteiger partial charge is 0.344 e. The van der Waals surface area contributed by atoms with Crippen molar-refractivity contribution in [1.82, 2.24) is 5.32 Å². The number of rotatable bonds is 5. The Morgan fingerprint density at radius 3 is 2.38 bits per heavy atom. The third-order valence-electron chi connectivity index (χ3n) is 5.62. The molecular weight excluding hydrogens is 579 g/mol. The standard InChI is InChI=1S/C29H17Cl3N2O4S/c30-17-5-9-21(23(31)14-17)26-11-7-19(37-26)8-12-27(35)34-29(39)33-18-6-10-20(24(32)15-18)22-13-16-3-1-2-4-25(16)38-28(22)36/h1-15H,(H2,33,34,35,39). The van der Waals surface area contributed by atoms with Crippen LogP contribution in [-0.4, -0.2) is 11.0 Å². The molecule has 1 amide bonds. The first-order valence-corrected chi connectivity index (χ1v) is 13.0. The molecule has 0 atom stereocenters. The lowest BCUT2D eigenvalue weighted by atomic mass is 10.1. The SMILES string of the molecule is O=C(C=Cc1ccc(-c2ccc(Cl)cc2Cl)o1)NC(=S)Nc1ccc(-c2cc3ccccc3oc2=O)c(Cl)c1. The molecule has 39 heavy (non-hydrogen) atoms. The number of thiocarbonyl (C=S) groups is 1. The Morgan fingerprint density at radius 1 is 0.821 bits per heavy atom. The van der Waals surface area contributed by atoms with Crippen LogP contribution in [0.5, 0.6) is 0 Å². The van der Waals surface area contributed by atoms with Gasteiger partial charge in [-0.15, -0.1) is 0 Å². The van der Waals surface area contributed by atoms with E-state index in [0.29, 0.717) is 54.5 Å². The van der Waals surface area contributed by atoms with Gasteiger partial charge in [-0.05, 0) is 72.9 Å². The second kappa shape index (κ2) is 11.5. The molecule has 2 heterocycles. The molecule has 5 rings (SSSR count). The molecule has 3 aromatic carbocycles. The summed E-state index contributed by atoms with van der Waals surface area (Å²) in [6, 6.07) is 22.5. The van der Waals surface area contributed by atoms with Crippen LogP contribution in [0.3, 0.4) is 0 Å². The molecule has 0 spiro atoms. The van der Waals surface area contributed by atoms with Crippen molar-refractivity contribution in [2.24, 2.45) is 0 Å². The second-order valence-electron chi connectivity index (χ2n) is 8.28. The van der Waals surface area contributed by atoms with Crippen LogP contribution in [0.4, 0.5) is 5.69 Å². The molecule has 0 saturated carbocycles. The minimum atomic E-state index is -0.495. The predicted octanol–water partition coefficient (Wildman–Crippen LogP) is 8.21. The fourth-order valence-corrected chi connectivity index (χ4v) is 4.81. The molecular formula is C29H17Cl3N2O4S. The first kappa shape index (κ1) is 26.7. The van der Waals surface area contributed by atoms with E-state index < -0.39 is 11.5 Å². The van der Waals surface area contributed by atoms with Gasteiger partial charge in [0, 0.05) is 33.3 Å². The lowest BCUT2D eigenvalue weighted by Crippen LogP contribution is -2.32. The quantitative estimate of drug-likeness (QED) is 0.121. The van der Waals surface area contributed by atoms with Crippen molar-refractivity contribution in [2.45, 2.75) is 0 Å². The van der Waals surface area contributed by atoms with Crippen molar-refractivity contribution in [3.8, 4) is 22.5 Å². The normalized spacial score (nSPS) is 11.2. The number of fused-ring (bicyclic) bond motifs is 1. The Hall–Kier alpha value is -3.88. The monoisotopic (exact) mass is 594 g/mol. The Bertz CT molecular complexity index is 1830. The van der Waals surface area contributed by atoms with Gasteiger partial charge in [0.15, 0.2) is 5.11 Å². The van der Waals surface area contributed by atoms with Crippen molar-refractivity contribution in [3.05, 3.63) is 116 Å². The van der Waals surface area contributed by atoms with E-state index in [1.807, 2.05) is 12.1 Å². The third-order valence-corrected chi connectivity index (χ3v) is 6.68. The molecule has 5 aromatic rings. The van der Waals surface area contributed by atoms with Crippen molar-refractivity contribution in [3.63, 3.8) is 0 Å². The average molecular weight is 596 g/mol. The van der Waals surface area contributed by atoms with E-state index in [0.717, 1.165) is 5.39 Å². The van der Waals surface area contributed by atoms with E-state index in [1.165, 1.54) is 12.2 Å². The number of carbonyl (C=O) groups excluding carboxylic acids is 1. The Kier molecular flexibility index (Phi) is 7.86. The van der Waals surface area contributed by atoms with Gasteiger partial charge >= 0.3 is 5.63 Å². The number of furan rings is 1.